The Kier molecular flexibility index (Phi) is 4.07. The first kappa shape index (κ1) is 14.1. The fourth-order valence-corrected chi connectivity index (χ4v) is 2.37. The van der Waals surface area contributed by atoms with Crippen LogP contribution in [-0.2, 0) is 9.53 Å². The number of benzene rings is 1. The molecule has 1 aromatic carbocycles. The molecule has 2 rings (SSSR count). The molecule has 1 heterocycles. The van der Waals surface area contributed by atoms with Crippen LogP contribution in [0.2, 0.25) is 0 Å². The van der Waals surface area contributed by atoms with Crippen LogP contribution in [0.15, 0.2) is 18.2 Å². The van der Waals surface area contributed by atoms with Gasteiger partial charge in [-0.3, -0.25) is 14.9 Å². The van der Waals surface area contributed by atoms with Gasteiger partial charge in [-0.2, -0.15) is 0 Å². The predicted molar refractivity (Wildman–Crippen MR) is 72.0 cm³/mol. The summed E-state index contributed by atoms with van der Waals surface area (Å²) >= 11 is 0. The monoisotopic (exact) mass is 280 g/mol. The third kappa shape index (κ3) is 2.66. The number of methoxy groups -OCH3 is 2. The van der Waals surface area contributed by atoms with Crippen molar-refractivity contribution in [2.75, 3.05) is 32.2 Å². The molecule has 7 nitrogen and oxygen atoms in total. The lowest BCUT2D eigenvalue weighted by Crippen LogP contribution is -2.23. The molecule has 1 aliphatic heterocycles. The van der Waals surface area contributed by atoms with Gasteiger partial charge in [-0.15, -0.1) is 0 Å². The van der Waals surface area contributed by atoms with Crippen LogP contribution in [0.1, 0.15) is 6.42 Å². The van der Waals surface area contributed by atoms with Crippen molar-refractivity contribution in [1.29, 1.82) is 0 Å². The van der Waals surface area contributed by atoms with Crippen LogP contribution in [0, 0.1) is 16.0 Å². The molecule has 0 N–H and O–H groups in total. The second-order valence-electron chi connectivity index (χ2n) is 4.57. The highest BCUT2D eigenvalue weighted by atomic mass is 16.6. The van der Waals surface area contributed by atoms with E-state index in [1.54, 1.807) is 12.1 Å². The highest BCUT2D eigenvalue weighted by molar-refractivity contribution is 5.74. The summed E-state index contributed by atoms with van der Waals surface area (Å²) in [5, 5.41) is 10.8. The number of ether oxygens (including phenoxy) is 2. The molecule has 1 fully saturated rings. The molecule has 0 radical (unpaired) electrons. The van der Waals surface area contributed by atoms with Gasteiger partial charge in [0.05, 0.1) is 25.1 Å². The zero-order chi connectivity index (χ0) is 14.7. The Morgan fingerprint density at radius 3 is 2.80 bits per heavy atom. The van der Waals surface area contributed by atoms with Gasteiger partial charge in [0.1, 0.15) is 0 Å². The van der Waals surface area contributed by atoms with Crippen molar-refractivity contribution in [3.63, 3.8) is 0 Å². The minimum atomic E-state index is -0.482. The predicted octanol–water partition coefficient (Wildman–Crippen LogP) is 1.60. The first-order valence-corrected chi connectivity index (χ1v) is 6.22. The number of anilines is 1. The zero-order valence-corrected chi connectivity index (χ0v) is 11.4. The molecular formula is C13H16N2O5. The van der Waals surface area contributed by atoms with Crippen molar-refractivity contribution in [3.05, 3.63) is 28.3 Å². The van der Waals surface area contributed by atoms with Gasteiger partial charge < -0.3 is 14.4 Å². The van der Waals surface area contributed by atoms with E-state index in [9.17, 15) is 14.9 Å². The van der Waals surface area contributed by atoms with E-state index in [4.69, 9.17) is 9.47 Å². The van der Waals surface area contributed by atoms with Crippen LogP contribution in [0.3, 0.4) is 0 Å². The van der Waals surface area contributed by atoms with Crippen LogP contribution in [-0.4, -0.2) is 38.2 Å². The molecule has 0 saturated carbocycles. The number of nitrogens with zero attached hydrogens (tertiary/aromatic N) is 2. The smallest absolute Gasteiger partial charge is 0.311 e. The van der Waals surface area contributed by atoms with E-state index in [0.29, 0.717) is 19.5 Å². The molecule has 1 unspecified atom stereocenters. The van der Waals surface area contributed by atoms with E-state index in [1.165, 1.54) is 20.3 Å². The van der Waals surface area contributed by atoms with Gasteiger partial charge in [0, 0.05) is 30.9 Å². The van der Waals surface area contributed by atoms with Crippen LogP contribution >= 0.6 is 0 Å². The van der Waals surface area contributed by atoms with Gasteiger partial charge in [-0.1, -0.05) is 0 Å². The Morgan fingerprint density at radius 2 is 2.20 bits per heavy atom. The Balaban J connectivity index is 2.18. The van der Waals surface area contributed by atoms with Gasteiger partial charge in [-0.25, -0.2) is 0 Å². The van der Waals surface area contributed by atoms with E-state index in [1.807, 2.05) is 4.90 Å². The maximum Gasteiger partial charge on any atom is 0.311 e. The Bertz CT molecular complexity index is 531. The summed E-state index contributed by atoms with van der Waals surface area (Å²) in [7, 11) is 2.77. The van der Waals surface area contributed by atoms with E-state index < -0.39 is 4.92 Å². The number of carbonyl (C=O) groups excluding carboxylic acids is 1. The third-order valence-corrected chi connectivity index (χ3v) is 3.45. The van der Waals surface area contributed by atoms with Crippen molar-refractivity contribution in [3.8, 4) is 5.75 Å². The van der Waals surface area contributed by atoms with E-state index in [-0.39, 0.29) is 23.3 Å². The molecule has 1 aliphatic rings. The molecule has 7 heteroatoms. The number of nitro groups is 1. The number of hydrogen-bond acceptors (Lipinski definition) is 6. The fraction of sp³-hybridized carbons (Fsp3) is 0.462. The van der Waals surface area contributed by atoms with Gasteiger partial charge in [0.2, 0.25) is 0 Å². The fourth-order valence-electron chi connectivity index (χ4n) is 2.37. The largest absolute Gasteiger partial charge is 0.490 e. The van der Waals surface area contributed by atoms with Crippen LogP contribution in [0.4, 0.5) is 11.4 Å². The molecule has 0 amide bonds. The molecule has 20 heavy (non-hydrogen) atoms. The Labute approximate surface area is 116 Å². The summed E-state index contributed by atoms with van der Waals surface area (Å²) < 4.78 is 9.78. The highest BCUT2D eigenvalue weighted by Gasteiger charge is 2.30. The minimum Gasteiger partial charge on any atom is -0.490 e. The average Bonchev–Trinajstić information content (AvgIpc) is 2.95. The lowest BCUT2D eigenvalue weighted by atomic mass is 10.1. The van der Waals surface area contributed by atoms with Gasteiger partial charge >= 0.3 is 11.7 Å². The van der Waals surface area contributed by atoms with E-state index >= 15 is 0 Å². The van der Waals surface area contributed by atoms with E-state index in [2.05, 4.69) is 0 Å². The molecular weight excluding hydrogens is 264 g/mol. The molecule has 108 valence electrons. The zero-order valence-electron chi connectivity index (χ0n) is 11.4. The number of rotatable bonds is 4. The lowest BCUT2D eigenvalue weighted by Gasteiger charge is -2.18. The van der Waals surface area contributed by atoms with Crippen molar-refractivity contribution < 1.29 is 19.2 Å². The molecule has 1 aromatic rings. The van der Waals surface area contributed by atoms with Crippen molar-refractivity contribution in [2.24, 2.45) is 5.92 Å². The van der Waals surface area contributed by atoms with Gasteiger partial charge in [-0.05, 0) is 12.5 Å². The molecule has 1 atom stereocenters. The number of esters is 1. The van der Waals surface area contributed by atoms with Gasteiger partial charge in [0.25, 0.3) is 0 Å². The first-order chi connectivity index (χ1) is 9.56. The summed E-state index contributed by atoms with van der Waals surface area (Å²) in [6, 6.07) is 4.71. The number of carbonyl (C=O) groups is 1. The van der Waals surface area contributed by atoms with Crippen LogP contribution < -0.4 is 9.64 Å². The quantitative estimate of drug-likeness (QED) is 0.473. The van der Waals surface area contributed by atoms with Crippen molar-refractivity contribution in [1.82, 2.24) is 0 Å². The number of hydrogen-bond donors (Lipinski definition) is 0. The summed E-state index contributed by atoms with van der Waals surface area (Å²) in [5.74, 6) is -0.156. The summed E-state index contributed by atoms with van der Waals surface area (Å²) in [6.45, 7) is 1.26. The molecule has 1 saturated heterocycles. The lowest BCUT2D eigenvalue weighted by molar-refractivity contribution is -0.385. The second-order valence-corrected chi connectivity index (χ2v) is 4.57. The summed E-state index contributed by atoms with van der Waals surface area (Å²) in [4.78, 5) is 23.9. The summed E-state index contributed by atoms with van der Waals surface area (Å²) in [6.07, 6.45) is 0.714. The number of nitro benzene ring substituents is 1. The SMILES string of the molecule is COC(=O)C1CCN(c2ccc([N+](=O)[O-])c(OC)c2)C1. The minimum absolute atomic E-state index is 0.0695. The molecule has 0 spiro atoms. The maximum absolute atomic E-state index is 11.5. The maximum atomic E-state index is 11.5. The van der Waals surface area contributed by atoms with Crippen molar-refractivity contribution in [2.45, 2.75) is 6.42 Å². The van der Waals surface area contributed by atoms with Crippen LogP contribution in [0.5, 0.6) is 5.75 Å². The molecule has 0 aromatic heterocycles. The Morgan fingerprint density at radius 1 is 1.45 bits per heavy atom. The van der Waals surface area contributed by atoms with E-state index in [0.717, 1.165) is 5.69 Å². The molecule has 0 bridgehead atoms. The summed E-state index contributed by atoms with van der Waals surface area (Å²) in [5.41, 5.74) is 0.735. The second kappa shape index (κ2) is 5.77. The van der Waals surface area contributed by atoms with Gasteiger partial charge in [0.15, 0.2) is 5.75 Å². The normalized spacial score (nSPS) is 17.9. The standard InChI is InChI=1S/C13H16N2O5/c1-19-12-7-10(3-4-11(12)15(17)18)14-6-5-9(8-14)13(16)20-2/h3-4,7,9H,5-6,8H2,1-2H3. The molecule has 0 aliphatic carbocycles. The third-order valence-electron chi connectivity index (χ3n) is 3.45. The van der Waals surface area contributed by atoms with Crippen molar-refractivity contribution >= 4 is 17.3 Å². The average molecular weight is 280 g/mol. The first-order valence-electron chi connectivity index (χ1n) is 6.22. The highest BCUT2D eigenvalue weighted by Crippen LogP contribution is 2.33. The Hall–Kier alpha value is -2.31. The van der Waals surface area contributed by atoms with Crippen LogP contribution in [0.25, 0.3) is 0 Å². The topological polar surface area (TPSA) is 81.9 Å².